The number of thiazole rings is 1. The number of hydrogen-bond donors (Lipinski definition) is 1. The number of aromatic nitrogens is 1. The van der Waals surface area contributed by atoms with Crippen molar-refractivity contribution in [3.63, 3.8) is 0 Å². The fourth-order valence-electron chi connectivity index (χ4n) is 1.01. The molecule has 0 amide bonds. The highest BCUT2D eigenvalue weighted by atomic mass is 32.1. The Labute approximate surface area is 95.9 Å². The molecule has 2 nitrogen and oxygen atoms in total. The Morgan fingerprint density at radius 1 is 1.24 bits per heavy atom. The molecule has 9 heteroatoms. The predicted octanol–water partition coefficient (Wildman–Crippen LogP) is 3.54. The number of aliphatic hydroxyl groups is 1. The maximum absolute atomic E-state index is 12.1. The SMILES string of the molecule is OC(CCC(F)(F)F)c1cnc(C(F)(F)F)s1. The number of nitrogens with zero attached hydrogens (tertiary/aromatic N) is 1. The molecule has 0 aliphatic carbocycles. The third kappa shape index (κ3) is 4.50. The van der Waals surface area contributed by atoms with Crippen molar-refractivity contribution in [1.82, 2.24) is 4.98 Å². The quantitative estimate of drug-likeness (QED) is 0.858. The van der Waals surface area contributed by atoms with E-state index in [9.17, 15) is 31.4 Å². The predicted molar refractivity (Wildman–Crippen MR) is 47.4 cm³/mol. The zero-order chi connectivity index (χ0) is 13.3. The third-order valence-corrected chi connectivity index (χ3v) is 2.94. The largest absolute Gasteiger partial charge is 0.443 e. The van der Waals surface area contributed by atoms with E-state index in [1.54, 1.807) is 0 Å². The maximum Gasteiger partial charge on any atom is 0.443 e. The van der Waals surface area contributed by atoms with E-state index < -0.39 is 36.3 Å². The van der Waals surface area contributed by atoms with Crippen LogP contribution in [-0.4, -0.2) is 16.3 Å². The van der Waals surface area contributed by atoms with Gasteiger partial charge in [-0.25, -0.2) is 4.98 Å². The average Bonchev–Trinajstić information content (AvgIpc) is 2.60. The van der Waals surface area contributed by atoms with Gasteiger partial charge in [0.1, 0.15) is 0 Å². The highest BCUT2D eigenvalue weighted by molar-refractivity contribution is 7.11. The van der Waals surface area contributed by atoms with Crippen molar-refractivity contribution < 1.29 is 31.4 Å². The van der Waals surface area contributed by atoms with Crippen LogP contribution in [0.3, 0.4) is 0 Å². The lowest BCUT2D eigenvalue weighted by Gasteiger charge is -2.09. The first-order chi connectivity index (χ1) is 7.59. The van der Waals surface area contributed by atoms with Crippen molar-refractivity contribution in [3.8, 4) is 0 Å². The van der Waals surface area contributed by atoms with Crippen LogP contribution in [0.5, 0.6) is 0 Å². The molecule has 0 spiro atoms. The Morgan fingerprint density at radius 3 is 2.24 bits per heavy atom. The van der Waals surface area contributed by atoms with Gasteiger partial charge in [0.05, 0.1) is 11.0 Å². The first-order valence-corrected chi connectivity index (χ1v) is 5.19. The lowest BCUT2D eigenvalue weighted by atomic mass is 10.2. The molecule has 0 bridgehead atoms. The molecule has 1 aromatic heterocycles. The molecule has 0 aliphatic rings. The van der Waals surface area contributed by atoms with Crippen LogP contribution < -0.4 is 0 Å². The van der Waals surface area contributed by atoms with Crippen LogP contribution in [0.1, 0.15) is 28.8 Å². The van der Waals surface area contributed by atoms with Crippen LogP contribution >= 0.6 is 11.3 Å². The second kappa shape index (κ2) is 4.81. The molecule has 1 unspecified atom stereocenters. The van der Waals surface area contributed by atoms with E-state index in [0.717, 1.165) is 6.20 Å². The van der Waals surface area contributed by atoms with Crippen LogP contribution in [-0.2, 0) is 6.18 Å². The third-order valence-electron chi connectivity index (χ3n) is 1.80. The Kier molecular flexibility index (Phi) is 4.03. The highest BCUT2D eigenvalue weighted by Gasteiger charge is 2.35. The lowest BCUT2D eigenvalue weighted by Crippen LogP contribution is -2.09. The second-order valence-electron chi connectivity index (χ2n) is 3.24. The molecule has 1 heterocycles. The zero-order valence-electron chi connectivity index (χ0n) is 8.14. The van der Waals surface area contributed by atoms with Gasteiger partial charge in [-0.05, 0) is 6.42 Å². The summed E-state index contributed by atoms with van der Waals surface area (Å²) in [7, 11) is 0. The van der Waals surface area contributed by atoms with Gasteiger partial charge < -0.3 is 5.11 Å². The molecule has 1 atom stereocenters. The second-order valence-corrected chi connectivity index (χ2v) is 4.30. The normalized spacial score (nSPS) is 15.0. The van der Waals surface area contributed by atoms with Gasteiger partial charge in [0.15, 0.2) is 5.01 Å². The summed E-state index contributed by atoms with van der Waals surface area (Å²) >= 11 is 0.145. The van der Waals surface area contributed by atoms with E-state index in [-0.39, 0.29) is 16.2 Å². The topological polar surface area (TPSA) is 33.1 Å². The number of alkyl halides is 6. The standard InChI is InChI=1S/C8H7F6NOS/c9-7(10,11)2-1-4(16)5-3-15-6(17-5)8(12,13)14/h3-4,16H,1-2H2. The molecule has 0 saturated carbocycles. The molecule has 98 valence electrons. The highest BCUT2D eigenvalue weighted by Crippen LogP contribution is 2.36. The van der Waals surface area contributed by atoms with Crippen LogP contribution in [0, 0.1) is 0 Å². The van der Waals surface area contributed by atoms with Crippen molar-refractivity contribution in [3.05, 3.63) is 16.1 Å². The smallest absolute Gasteiger partial charge is 0.388 e. The minimum absolute atomic E-state index is 0.145. The molecule has 17 heavy (non-hydrogen) atoms. The fourth-order valence-corrected chi connectivity index (χ4v) is 1.82. The number of halogens is 6. The number of hydrogen-bond acceptors (Lipinski definition) is 3. The van der Waals surface area contributed by atoms with Crippen LogP contribution in [0.4, 0.5) is 26.3 Å². The summed E-state index contributed by atoms with van der Waals surface area (Å²) in [4.78, 5) is 2.78. The van der Waals surface area contributed by atoms with Gasteiger partial charge >= 0.3 is 12.4 Å². The molecule has 0 fully saturated rings. The minimum Gasteiger partial charge on any atom is -0.388 e. The summed E-state index contributed by atoms with van der Waals surface area (Å²) in [5.74, 6) is 0. The van der Waals surface area contributed by atoms with Gasteiger partial charge in [-0.15, -0.1) is 11.3 Å². The van der Waals surface area contributed by atoms with Crippen molar-refractivity contribution in [2.45, 2.75) is 31.3 Å². The summed E-state index contributed by atoms with van der Waals surface area (Å²) in [5.41, 5.74) is 0. The van der Waals surface area contributed by atoms with E-state index in [1.807, 2.05) is 0 Å². The average molecular weight is 279 g/mol. The minimum atomic E-state index is -4.65. The Hall–Kier alpha value is -0.830. The molecular weight excluding hydrogens is 272 g/mol. The van der Waals surface area contributed by atoms with E-state index in [4.69, 9.17) is 0 Å². The maximum atomic E-state index is 12.1. The zero-order valence-corrected chi connectivity index (χ0v) is 8.96. The summed E-state index contributed by atoms with van der Waals surface area (Å²) in [5, 5.41) is 8.08. The Balaban J connectivity index is 2.64. The van der Waals surface area contributed by atoms with Gasteiger partial charge in [-0.2, -0.15) is 26.3 Å². The summed E-state index contributed by atoms with van der Waals surface area (Å²) < 4.78 is 71.8. The van der Waals surface area contributed by atoms with E-state index in [0.29, 0.717) is 0 Å². The monoisotopic (exact) mass is 279 g/mol. The molecule has 1 aromatic rings. The first-order valence-electron chi connectivity index (χ1n) is 4.37. The van der Waals surface area contributed by atoms with Crippen LogP contribution in [0.25, 0.3) is 0 Å². The van der Waals surface area contributed by atoms with Crippen LogP contribution in [0.15, 0.2) is 6.20 Å². The van der Waals surface area contributed by atoms with E-state index >= 15 is 0 Å². The molecule has 0 radical (unpaired) electrons. The van der Waals surface area contributed by atoms with Gasteiger partial charge in [0, 0.05) is 12.6 Å². The molecule has 0 aliphatic heterocycles. The van der Waals surface area contributed by atoms with Gasteiger partial charge in [0.25, 0.3) is 0 Å². The molecule has 0 saturated heterocycles. The van der Waals surface area contributed by atoms with Gasteiger partial charge in [-0.3, -0.25) is 0 Å². The molecule has 1 rings (SSSR count). The lowest BCUT2D eigenvalue weighted by molar-refractivity contribution is -0.140. The molecular formula is C8H7F6NOS. The molecule has 1 N–H and O–H groups in total. The van der Waals surface area contributed by atoms with Crippen molar-refractivity contribution >= 4 is 11.3 Å². The fraction of sp³-hybridized carbons (Fsp3) is 0.625. The first kappa shape index (κ1) is 14.2. The van der Waals surface area contributed by atoms with E-state index in [2.05, 4.69) is 4.98 Å². The summed E-state index contributed by atoms with van der Waals surface area (Å²) in [6.45, 7) is 0. The van der Waals surface area contributed by atoms with E-state index in [1.165, 1.54) is 0 Å². The molecule has 0 aromatic carbocycles. The van der Waals surface area contributed by atoms with Crippen molar-refractivity contribution in [2.75, 3.05) is 0 Å². The summed E-state index contributed by atoms with van der Waals surface area (Å²) in [6.07, 6.45) is -11.9. The van der Waals surface area contributed by atoms with Gasteiger partial charge in [-0.1, -0.05) is 0 Å². The van der Waals surface area contributed by atoms with Crippen molar-refractivity contribution in [2.24, 2.45) is 0 Å². The number of aliphatic hydroxyl groups excluding tert-OH is 1. The van der Waals surface area contributed by atoms with Crippen LogP contribution in [0.2, 0.25) is 0 Å². The Morgan fingerprint density at radius 2 is 1.82 bits per heavy atom. The Bertz CT molecular complexity index is 371. The summed E-state index contributed by atoms with van der Waals surface area (Å²) in [6, 6.07) is 0. The van der Waals surface area contributed by atoms with Crippen molar-refractivity contribution in [1.29, 1.82) is 0 Å². The van der Waals surface area contributed by atoms with Gasteiger partial charge in [0.2, 0.25) is 0 Å². The number of rotatable bonds is 3.